The zero-order chi connectivity index (χ0) is 16.9. The van der Waals surface area contributed by atoms with Gasteiger partial charge in [-0.1, -0.05) is 19.4 Å². The summed E-state index contributed by atoms with van der Waals surface area (Å²) in [7, 11) is 4.00. The van der Waals surface area contributed by atoms with E-state index in [2.05, 4.69) is 45.6 Å². The number of piperazine rings is 1. The number of hydrogen-bond acceptors (Lipinski definition) is 3. The first-order valence-electron chi connectivity index (χ1n) is 9.18. The summed E-state index contributed by atoms with van der Waals surface area (Å²) < 4.78 is 0. The molecule has 0 bridgehead atoms. The largest absolute Gasteiger partial charge is 0.355 e. The Labute approximate surface area is 143 Å². The fourth-order valence-corrected chi connectivity index (χ4v) is 2.96. The average molecular weight is 324 g/mol. The van der Waals surface area contributed by atoms with Crippen LogP contribution in [0.5, 0.6) is 0 Å². The minimum Gasteiger partial charge on any atom is -0.355 e. The first kappa shape index (κ1) is 20.0. The molecule has 1 aliphatic heterocycles. The second-order valence-electron chi connectivity index (χ2n) is 6.31. The van der Waals surface area contributed by atoms with Gasteiger partial charge in [-0.05, 0) is 25.8 Å². The fourth-order valence-electron chi connectivity index (χ4n) is 2.96. The van der Waals surface area contributed by atoms with E-state index in [0.717, 1.165) is 32.0 Å². The zero-order valence-corrected chi connectivity index (χ0v) is 15.6. The van der Waals surface area contributed by atoms with Gasteiger partial charge < -0.3 is 15.1 Å². The van der Waals surface area contributed by atoms with Crippen molar-refractivity contribution in [2.24, 2.45) is 4.99 Å². The number of unbranched alkanes of at least 4 members (excludes halogenated alkanes) is 3. The van der Waals surface area contributed by atoms with Gasteiger partial charge in [-0.25, -0.2) is 0 Å². The summed E-state index contributed by atoms with van der Waals surface area (Å²) in [6, 6.07) is 0. The maximum absolute atomic E-state index is 4.40. The third kappa shape index (κ3) is 8.37. The first-order valence-corrected chi connectivity index (χ1v) is 9.18. The summed E-state index contributed by atoms with van der Waals surface area (Å²) in [5.74, 6) is 1.01. The van der Waals surface area contributed by atoms with Crippen LogP contribution in [0.3, 0.4) is 0 Å². The Morgan fingerprint density at radius 3 is 2.48 bits per heavy atom. The van der Waals surface area contributed by atoms with Gasteiger partial charge in [0.15, 0.2) is 5.96 Å². The lowest BCUT2D eigenvalue weighted by Gasteiger charge is -2.34. The predicted molar refractivity (Wildman–Crippen MR) is 101 cm³/mol. The van der Waals surface area contributed by atoms with E-state index < -0.39 is 0 Å². The lowest BCUT2D eigenvalue weighted by atomic mass is 10.2. The monoisotopic (exact) mass is 323 g/mol. The van der Waals surface area contributed by atoms with Crippen molar-refractivity contribution in [3.63, 3.8) is 0 Å². The van der Waals surface area contributed by atoms with Gasteiger partial charge in [0.2, 0.25) is 0 Å². The highest BCUT2D eigenvalue weighted by Gasteiger charge is 2.15. The maximum atomic E-state index is 4.40. The lowest BCUT2D eigenvalue weighted by Crippen LogP contribution is -2.49. The Balaban J connectivity index is 2.14. The van der Waals surface area contributed by atoms with Crippen molar-refractivity contribution in [1.29, 1.82) is 0 Å². The van der Waals surface area contributed by atoms with E-state index in [-0.39, 0.29) is 0 Å². The molecular weight excluding hydrogens is 286 g/mol. The zero-order valence-electron chi connectivity index (χ0n) is 15.6. The third-order valence-corrected chi connectivity index (χ3v) is 4.60. The van der Waals surface area contributed by atoms with Crippen LogP contribution in [0.4, 0.5) is 0 Å². The van der Waals surface area contributed by atoms with Gasteiger partial charge in [0, 0.05) is 59.9 Å². The molecule has 134 valence electrons. The molecule has 0 unspecified atom stereocenters. The highest BCUT2D eigenvalue weighted by atomic mass is 15.3. The van der Waals surface area contributed by atoms with E-state index >= 15 is 0 Å². The van der Waals surface area contributed by atoms with Crippen LogP contribution in [-0.4, -0.2) is 87.1 Å². The minimum atomic E-state index is 0.972. The topological polar surface area (TPSA) is 34.1 Å². The summed E-state index contributed by atoms with van der Waals surface area (Å²) in [4.78, 5) is 11.7. The molecule has 0 aromatic carbocycles. The van der Waals surface area contributed by atoms with Crippen LogP contribution in [-0.2, 0) is 0 Å². The van der Waals surface area contributed by atoms with Crippen LogP contribution in [0.15, 0.2) is 17.6 Å². The summed E-state index contributed by atoms with van der Waals surface area (Å²) in [5.41, 5.74) is 0. The molecule has 0 atom stereocenters. The van der Waals surface area contributed by atoms with Crippen molar-refractivity contribution in [2.45, 2.75) is 32.6 Å². The molecule has 1 aliphatic rings. The number of likely N-dealkylation sites (N-methyl/N-ethyl adjacent to an activating group) is 1. The molecule has 1 saturated heterocycles. The Morgan fingerprint density at radius 1 is 1.17 bits per heavy atom. The molecule has 0 saturated carbocycles. The normalized spacial score (nSPS) is 17.3. The van der Waals surface area contributed by atoms with Gasteiger partial charge in [0.05, 0.1) is 0 Å². The quantitative estimate of drug-likeness (QED) is 0.288. The van der Waals surface area contributed by atoms with Crippen LogP contribution in [0.1, 0.15) is 32.6 Å². The number of hydrogen-bond donors (Lipinski definition) is 1. The van der Waals surface area contributed by atoms with Gasteiger partial charge in [0.1, 0.15) is 0 Å². The smallest absolute Gasteiger partial charge is 0.193 e. The summed E-state index contributed by atoms with van der Waals surface area (Å²) in [5, 5.41) is 3.50. The number of nitrogens with zero attached hydrogens (tertiary/aromatic N) is 4. The molecule has 5 heteroatoms. The Hall–Kier alpha value is -1.07. The molecule has 0 spiro atoms. The molecule has 5 nitrogen and oxygen atoms in total. The van der Waals surface area contributed by atoms with Gasteiger partial charge in [0.25, 0.3) is 0 Å². The Morgan fingerprint density at radius 2 is 1.87 bits per heavy atom. The Kier molecular flexibility index (Phi) is 10.7. The third-order valence-electron chi connectivity index (χ3n) is 4.60. The minimum absolute atomic E-state index is 0.972. The predicted octanol–water partition coefficient (Wildman–Crippen LogP) is 1.88. The standard InChI is InChI=1S/C18H37N5/c1-5-7-8-9-10-12-21(4)18(19-3)20-11-13-23-16-14-22(6-2)15-17-23/h5H,1,6-17H2,2-4H3,(H,19,20). The highest BCUT2D eigenvalue weighted by molar-refractivity contribution is 5.79. The molecule has 1 N–H and O–H groups in total. The highest BCUT2D eigenvalue weighted by Crippen LogP contribution is 2.02. The molecule has 0 amide bonds. The van der Waals surface area contributed by atoms with Crippen molar-refractivity contribution in [3.05, 3.63) is 12.7 Å². The van der Waals surface area contributed by atoms with E-state index in [4.69, 9.17) is 0 Å². The van der Waals surface area contributed by atoms with Crippen molar-refractivity contribution < 1.29 is 0 Å². The SMILES string of the molecule is C=CCCCCCN(C)C(=NC)NCCN1CCN(CC)CC1. The van der Waals surface area contributed by atoms with Crippen LogP contribution in [0.2, 0.25) is 0 Å². The first-order chi connectivity index (χ1) is 11.2. The number of rotatable bonds is 10. The summed E-state index contributed by atoms with van der Waals surface area (Å²) in [6.07, 6.45) is 6.85. The Bertz CT molecular complexity index is 334. The molecule has 1 fully saturated rings. The van der Waals surface area contributed by atoms with Crippen molar-refractivity contribution in [2.75, 3.05) is 66.5 Å². The molecule has 0 aromatic heterocycles. The molecule has 1 heterocycles. The fraction of sp³-hybridized carbons (Fsp3) is 0.833. The van der Waals surface area contributed by atoms with Gasteiger partial charge in [-0.2, -0.15) is 0 Å². The maximum Gasteiger partial charge on any atom is 0.193 e. The van der Waals surface area contributed by atoms with Crippen molar-refractivity contribution in [3.8, 4) is 0 Å². The molecule has 0 aliphatic carbocycles. The lowest BCUT2D eigenvalue weighted by molar-refractivity contribution is 0.139. The number of allylic oxidation sites excluding steroid dienone is 1. The van der Waals surface area contributed by atoms with Crippen LogP contribution in [0, 0.1) is 0 Å². The summed E-state index contributed by atoms with van der Waals surface area (Å²) >= 11 is 0. The number of aliphatic imine (C=N–C) groups is 1. The van der Waals surface area contributed by atoms with Crippen LogP contribution in [0.25, 0.3) is 0 Å². The molecule has 0 radical (unpaired) electrons. The van der Waals surface area contributed by atoms with E-state index in [1.165, 1.54) is 52.0 Å². The second-order valence-corrected chi connectivity index (χ2v) is 6.31. The van der Waals surface area contributed by atoms with Crippen LogP contribution < -0.4 is 5.32 Å². The molecule has 0 aromatic rings. The molecular formula is C18H37N5. The van der Waals surface area contributed by atoms with Gasteiger partial charge in [-0.3, -0.25) is 9.89 Å². The van der Waals surface area contributed by atoms with Gasteiger partial charge in [-0.15, -0.1) is 6.58 Å². The van der Waals surface area contributed by atoms with Crippen molar-refractivity contribution >= 4 is 5.96 Å². The van der Waals surface area contributed by atoms with Crippen molar-refractivity contribution in [1.82, 2.24) is 20.0 Å². The molecule has 1 rings (SSSR count). The van der Waals surface area contributed by atoms with Crippen LogP contribution >= 0.6 is 0 Å². The number of nitrogens with one attached hydrogen (secondary N) is 1. The molecule has 23 heavy (non-hydrogen) atoms. The average Bonchev–Trinajstić information content (AvgIpc) is 2.59. The van der Waals surface area contributed by atoms with E-state index in [0.29, 0.717) is 0 Å². The van der Waals surface area contributed by atoms with E-state index in [1.807, 2.05) is 13.1 Å². The van der Waals surface area contributed by atoms with Gasteiger partial charge >= 0.3 is 0 Å². The summed E-state index contributed by atoms with van der Waals surface area (Å²) in [6.45, 7) is 15.1. The van der Waals surface area contributed by atoms with E-state index in [1.54, 1.807) is 0 Å². The second kappa shape index (κ2) is 12.4. The van der Waals surface area contributed by atoms with E-state index in [9.17, 15) is 0 Å². The number of guanidine groups is 1.